The molecular formula is C12H15N3O3. The molecule has 0 radical (unpaired) electrons. The highest BCUT2D eigenvalue weighted by Crippen LogP contribution is 2.55. The van der Waals surface area contributed by atoms with Crippen LogP contribution >= 0.6 is 0 Å². The minimum absolute atomic E-state index is 0.0338. The fourth-order valence-electron chi connectivity index (χ4n) is 3.05. The number of carbonyl (C=O) groups excluding carboxylic acids is 1. The molecular weight excluding hydrogens is 234 g/mol. The number of imidazole rings is 1. The summed E-state index contributed by atoms with van der Waals surface area (Å²) < 4.78 is 0. The van der Waals surface area contributed by atoms with Gasteiger partial charge in [-0.25, -0.2) is 4.98 Å². The van der Waals surface area contributed by atoms with Gasteiger partial charge in [-0.15, -0.1) is 0 Å². The van der Waals surface area contributed by atoms with Crippen LogP contribution in [0.25, 0.3) is 0 Å². The number of nitrogens with one attached hydrogen (secondary N) is 2. The number of hydrogen-bond acceptors (Lipinski definition) is 3. The summed E-state index contributed by atoms with van der Waals surface area (Å²) in [5.41, 5.74) is 0.771. The van der Waals surface area contributed by atoms with Gasteiger partial charge in [-0.3, -0.25) is 9.59 Å². The Balaban J connectivity index is 1.55. The van der Waals surface area contributed by atoms with Gasteiger partial charge < -0.3 is 15.4 Å². The van der Waals surface area contributed by atoms with E-state index in [-0.39, 0.29) is 30.2 Å². The number of carboxylic acid groups (broad SMARTS) is 1. The predicted octanol–water partition coefficient (Wildman–Crippen LogP) is 0.178. The second kappa shape index (κ2) is 4.12. The van der Waals surface area contributed by atoms with E-state index in [1.54, 1.807) is 6.20 Å². The zero-order valence-corrected chi connectivity index (χ0v) is 9.80. The molecule has 0 bridgehead atoms. The van der Waals surface area contributed by atoms with E-state index in [1.807, 2.05) is 0 Å². The van der Waals surface area contributed by atoms with Crippen molar-refractivity contribution in [2.45, 2.75) is 25.3 Å². The Morgan fingerprint density at radius 2 is 2.28 bits per heavy atom. The van der Waals surface area contributed by atoms with Gasteiger partial charge in [-0.1, -0.05) is 0 Å². The molecule has 3 N–H and O–H groups in total. The Bertz CT molecular complexity index is 471. The van der Waals surface area contributed by atoms with Crippen molar-refractivity contribution in [3.8, 4) is 0 Å². The van der Waals surface area contributed by atoms with E-state index in [0.717, 1.165) is 12.1 Å². The number of aromatic nitrogens is 2. The summed E-state index contributed by atoms with van der Waals surface area (Å²) in [6.07, 6.45) is 4.93. The number of carboxylic acids is 1. The Labute approximate surface area is 104 Å². The monoisotopic (exact) mass is 249 g/mol. The number of hydrogen-bond donors (Lipinski definition) is 3. The van der Waals surface area contributed by atoms with Crippen LogP contribution in [0.1, 0.15) is 18.5 Å². The van der Waals surface area contributed by atoms with E-state index < -0.39 is 5.97 Å². The molecule has 0 saturated heterocycles. The highest BCUT2D eigenvalue weighted by molar-refractivity contribution is 5.79. The summed E-state index contributed by atoms with van der Waals surface area (Å²) in [5, 5.41) is 12.0. The highest BCUT2D eigenvalue weighted by atomic mass is 16.4. The van der Waals surface area contributed by atoms with Crippen LogP contribution in [0.4, 0.5) is 0 Å². The molecule has 2 aliphatic carbocycles. The molecule has 2 aliphatic rings. The molecule has 6 heteroatoms. The summed E-state index contributed by atoms with van der Waals surface area (Å²) in [5.74, 6) is -0.419. The normalized spacial score (nSPS) is 32.9. The molecule has 96 valence electrons. The lowest BCUT2D eigenvalue weighted by Gasteiger charge is -2.15. The van der Waals surface area contributed by atoms with Crippen LogP contribution in [0.5, 0.6) is 0 Å². The molecule has 0 aromatic carbocycles. The smallest absolute Gasteiger partial charge is 0.306 e. The topological polar surface area (TPSA) is 95.1 Å². The predicted molar refractivity (Wildman–Crippen MR) is 61.6 cm³/mol. The van der Waals surface area contributed by atoms with Crippen molar-refractivity contribution in [2.75, 3.05) is 0 Å². The molecule has 1 aromatic heterocycles. The minimum Gasteiger partial charge on any atom is -0.481 e. The molecule has 0 spiro atoms. The third kappa shape index (κ3) is 1.98. The number of rotatable bonds is 4. The Morgan fingerprint density at radius 3 is 2.89 bits per heavy atom. The first-order valence-electron chi connectivity index (χ1n) is 6.14. The molecule has 1 aromatic rings. The fraction of sp³-hybridized carbons (Fsp3) is 0.583. The van der Waals surface area contributed by atoms with Crippen molar-refractivity contribution in [1.82, 2.24) is 15.3 Å². The first-order valence-corrected chi connectivity index (χ1v) is 6.14. The lowest BCUT2D eigenvalue weighted by Crippen LogP contribution is -2.37. The van der Waals surface area contributed by atoms with Crippen molar-refractivity contribution in [1.29, 1.82) is 0 Å². The molecule has 3 rings (SSSR count). The SMILES string of the molecule is O=C(Cc1cnc[nH]1)N[C@H]1C[C@@H](C(=O)O)[C@@H]2C[C@@H]21. The van der Waals surface area contributed by atoms with Crippen LogP contribution in [-0.4, -0.2) is 33.0 Å². The van der Waals surface area contributed by atoms with Gasteiger partial charge in [0, 0.05) is 17.9 Å². The van der Waals surface area contributed by atoms with Gasteiger partial charge in [-0.05, 0) is 24.7 Å². The average Bonchev–Trinajstić information content (AvgIpc) is 2.77. The highest BCUT2D eigenvalue weighted by Gasteiger charge is 2.57. The van der Waals surface area contributed by atoms with E-state index >= 15 is 0 Å². The summed E-state index contributed by atoms with van der Waals surface area (Å²) in [4.78, 5) is 29.5. The van der Waals surface area contributed by atoms with Crippen LogP contribution in [-0.2, 0) is 16.0 Å². The standard InChI is InChI=1S/C12H15N3O3/c16-11(1-6-4-13-5-14-6)15-10-3-9(12(17)18)7-2-8(7)10/h4-5,7-10H,1-3H2,(H,13,14)(H,15,16)(H,17,18)/t7-,8+,9-,10+/m1/s1. The number of aliphatic carboxylic acids is 1. The number of aromatic amines is 1. The van der Waals surface area contributed by atoms with Crippen molar-refractivity contribution >= 4 is 11.9 Å². The Hall–Kier alpha value is -1.85. The molecule has 2 saturated carbocycles. The van der Waals surface area contributed by atoms with Crippen molar-refractivity contribution in [2.24, 2.45) is 17.8 Å². The van der Waals surface area contributed by atoms with Crippen molar-refractivity contribution in [3.63, 3.8) is 0 Å². The number of amides is 1. The molecule has 18 heavy (non-hydrogen) atoms. The largest absolute Gasteiger partial charge is 0.481 e. The third-order valence-electron chi connectivity index (χ3n) is 4.00. The zero-order chi connectivity index (χ0) is 12.7. The van der Waals surface area contributed by atoms with Gasteiger partial charge in [0.15, 0.2) is 0 Å². The Morgan fingerprint density at radius 1 is 1.44 bits per heavy atom. The van der Waals surface area contributed by atoms with Gasteiger partial charge in [0.25, 0.3) is 0 Å². The van der Waals surface area contributed by atoms with Crippen LogP contribution in [0.2, 0.25) is 0 Å². The van der Waals surface area contributed by atoms with Gasteiger partial charge >= 0.3 is 5.97 Å². The van der Waals surface area contributed by atoms with Crippen LogP contribution in [0.15, 0.2) is 12.5 Å². The average molecular weight is 249 g/mol. The third-order valence-corrected chi connectivity index (χ3v) is 4.00. The molecule has 0 aliphatic heterocycles. The second-order valence-electron chi connectivity index (χ2n) is 5.17. The quantitative estimate of drug-likeness (QED) is 0.709. The molecule has 4 atom stereocenters. The first-order chi connectivity index (χ1) is 8.65. The molecule has 6 nitrogen and oxygen atoms in total. The lowest BCUT2D eigenvalue weighted by molar-refractivity contribution is -0.142. The van der Waals surface area contributed by atoms with Crippen LogP contribution in [0.3, 0.4) is 0 Å². The van der Waals surface area contributed by atoms with E-state index in [1.165, 1.54) is 6.33 Å². The van der Waals surface area contributed by atoms with E-state index in [4.69, 9.17) is 5.11 Å². The minimum atomic E-state index is -0.729. The lowest BCUT2D eigenvalue weighted by atomic mass is 10.0. The number of carbonyl (C=O) groups is 2. The molecule has 1 amide bonds. The van der Waals surface area contributed by atoms with E-state index in [9.17, 15) is 9.59 Å². The maximum absolute atomic E-state index is 11.8. The maximum Gasteiger partial charge on any atom is 0.306 e. The fourth-order valence-corrected chi connectivity index (χ4v) is 3.05. The summed E-state index contributed by atoms with van der Waals surface area (Å²) in [6.45, 7) is 0. The van der Waals surface area contributed by atoms with Crippen molar-refractivity contribution < 1.29 is 14.7 Å². The summed E-state index contributed by atoms with van der Waals surface area (Å²) in [7, 11) is 0. The van der Waals surface area contributed by atoms with Gasteiger partial charge in [0.2, 0.25) is 5.91 Å². The second-order valence-corrected chi connectivity index (χ2v) is 5.17. The molecule has 1 heterocycles. The summed E-state index contributed by atoms with van der Waals surface area (Å²) in [6, 6.07) is 0.0338. The van der Waals surface area contributed by atoms with Gasteiger partial charge in [0.1, 0.15) is 0 Å². The first kappa shape index (κ1) is 11.3. The zero-order valence-electron chi connectivity index (χ0n) is 9.80. The van der Waals surface area contributed by atoms with Crippen molar-refractivity contribution in [3.05, 3.63) is 18.2 Å². The van der Waals surface area contributed by atoms with Gasteiger partial charge in [0.05, 0.1) is 18.7 Å². The molecule has 2 fully saturated rings. The number of H-pyrrole nitrogens is 1. The van der Waals surface area contributed by atoms with Gasteiger partial charge in [-0.2, -0.15) is 0 Å². The number of nitrogens with zero attached hydrogens (tertiary/aromatic N) is 1. The summed E-state index contributed by atoms with van der Waals surface area (Å²) >= 11 is 0. The maximum atomic E-state index is 11.8. The van der Waals surface area contributed by atoms with E-state index in [0.29, 0.717) is 12.3 Å². The number of fused-ring (bicyclic) bond motifs is 1. The molecule has 0 unspecified atom stereocenters. The van der Waals surface area contributed by atoms with Crippen LogP contribution in [0, 0.1) is 17.8 Å². The van der Waals surface area contributed by atoms with Crippen LogP contribution < -0.4 is 5.32 Å². The Kier molecular flexibility index (Phi) is 2.57. The van der Waals surface area contributed by atoms with E-state index in [2.05, 4.69) is 15.3 Å².